The normalized spacial score (nSPS) is 15.4. The summed E-state index contributed by atoms with van der Waals surface area (Å²) in [6, 6.07) is 7.19. The van der Waals surface area contributed by atoms with E-state index in [0.717, 1.165) is 31.5 Å². The highest BCUT2D eigenvalue weighted by atomic mass is 35.5. The number of amides is 3. The molecule has 8 nitrogen and oxygen atoms in total. The Morgan fingerprint density at radius 2 is 1.94 bits per heavy atom. The molecule has 1 atom stereocenters. The summed E-state index contributed by atoms with van der Waals surface area (Å²) in [4.78, 5) is 41.9. The lowest BCUT2D eigenvalue weighted by molar-refractivity contribution is -0.129. The van der Waals surface area contributed by atoms with Crippen LogP contribution in [0.5, 0.6) is 5.06 Å². The van der Waals surface area contributed by atoms with Crippen LogP contribution in [0.3, 0.4) is 0 Å². The van der Waals surface area contributed by atoms with Crippen molar-refractivity contribution in [3.8, 4) is 5.06 Å². The third kappa shape index (κ3) is 6.49. The van der Waals surface area contributed by atoms with Gasteiger partial charge in [-0.15, -0.1) is 11.3 Å². The fraction of sp³-hybridized carbons (Fsp3) is 0.458. The number of benzene rings is 1. The Bertz CT molecular complexity index is 1040. The maximum atomic E-state index is 13.4. The van der Waals surface area contributed by atoms with E-state index in [1.807, 2.05) is 6.07 Å². The lowest BCUT2D eigenvalue weighted by Crippen LogP contribution is -2.55. The van der Waals surface area contributed by atoms with Gasteiger partial charge in [-0.1, -0.05) is 17.7 Å². The van der Waals surface area contributed by atoms with Crippen LogP contribution in [0.25, 0.3) is 0 Å². The van der Waals surface area contributed by atoms with Crippen LogP contribution in [-0.2, 0) is 22.4 Å². The molecule has 3 rings (SSSR count). The van der Waals surface area contributed by atoms with Gasteiger partial charge in [0.15, 0.2) is 5.06 Å². The Morgan fingerprint density at radius 3 is 2.62 bits per heavy atom. The standard InChI is InChI=1S/C24H31ClN4O4S/c1-24(12-9-19(30)28(2)3,27-23(32)33-20-6-5-15-34-20)22(31)26-18-8-7-16-10-13-29(4)14-11-17(16)21(18)25/h5-8,15H,9-14H2,1-4H3,(H,26,31)(H,27,32). The molecule has 0 saturated carbocycles. The van der Waals surface area contributed by atoms with E-state index in [9.17, 15) is 14.4 Å². The summed E-state index contributed by atoms with van der Waals surface area (Å²) >= 11 is 7.97. The van der Waals surface area contributed by atoms with Gasteiger partial charge in [-0.25, -0.2) is 4.79 Å². The highest BCUT2D eigenvalue weighted by molar-refractivity contribution is 7.11. The zero-order chi connectivity index (χ0) is 24.9. The summed E-state index contributed by atoms with van der Waals surface area (Å²) in [5.74, 6) is -0.630. The fourth-order valence-electron chi connectivity index (χ4n) is 3.73. The molecule has 0 radical (unpaired) electrons. The average Bonchev–Trinajstić information content (AvgIpc) is 3.21. The molecular formula is C24H31ClN4O4S. The quantitative estimate of drug-likeness (QED) is 0.596. The summed E-state index contributed by atoms with van der Waals surface area (Å²) in [6.07, 6.45) is 1.06. The molecule has 0 saturated heterocycles. The Kier molecular flexibility index (Phi) is 8.57. The molecule has 1 aliphatic heterocycles. The Labute approximate surface area is 209 Å². The minimum atomic E-state index is -1.41. The third-order valence-corrected chi connectivity index (χ3v) is 7.18. The summed E-state index contributed by atoms with van der Waals surface area (Å²) in [5.41, 5.74) is 1.27. The number of hydrogen-bond donors (Lipinski definition) is 2. The molecule has 34 heavy (non-hydrogen) atoms. The second-order valence-electron chi connectivity index (χ2n) is 8.89. The maximum Gasteiger partial charge on any atom is 0.414 e. The number of halogens is 1. The predicted molar refractivity (Wildman–Crippen MR) is 135 cm³/mol. The first-order valence-electron chi connectivity index (χ1n) is 11.1. The first-order chi connectivity index (χ1) is 16.1. The van der Waals surface area contributed by atoms with E-state index in [1.165, 1.54) is 21.8 Å². The van der Waals surface area contributed by atoms with Crippen LogP contribution >= 0.6 is 22.9 Å². The predicted octanol–water partition coefficient (Wildman–Crippen LogP) is 3.79. The largest absolute Gasteiger partial charge is 0.414 e. The number of ether oxygens (including phenoxy) is 1. The molecule has 2 N–H and O–H groups in total. The lowest BCUT2D eigenvalue weighted by atomic mass is 9.93. The van der Waals surface area contributed by atoms with E-state index in [2.05, 4.69) is 22.6 Å². The first kappa shape index (κ1) is 26.0. The molecule has 0 fully saturated rings. The van der Waals surface area contributed by atoms with Crippen LogP contribution in [0.1, 0.15) is 30.9 Å². The lowest BCUT2D eigenvalue weighted by Gasteiger charge is -2.29. The van der Waals surface area contributed by atoms with Gasteiger partial charge < -0.3 is 25.2 Å². The molecule has 0 spiro atoms. The minimum Gasteiger partial charge on any atom is -0.399 e. The molecule has 3 amide bonds. The maximum absolute atomic E-state index is 13.4. The Balaban J connectivity index is 1.80. The molecule has 0 aliphatic carbocycles. The summed E-state index contributed by atoms with van der Waals surface area (Å²) < 4.78 is 5.29. The average molecular weight is 507 g/mol. The zero-order valence-electron chi connectivity index (χ0n) is 19.9. The number of fused-ring (bicyclic) bond motifs is 1. The second-order valence-corrected chi connectivity index (χ2v) is 10.2. The van der Waals surface area contributed by atoms with E-state index in [0.29, 0.717) is 15.8 Å². The van der Waals surface area contributed by atoms with Gasteiger partial charge in [0.05, 0.1) is 10.7 Å². The Hall–Kier alpha value is -2.62. The van der Waals surface area contributed by atoms with E-state index in [1.54, 1.807) is 44.6 Å². The van der Waals surface area contributed by atoms with E-state index in [-0.39, 0.29) is 18.7 Å². The number of likely N-dealkylation sites (N-methyl/N-ethyl adjacent to an activating group) is 1. The smallest absolute Gasteiger partial charge is 0.399 e. The number of nitrogens with one attached hydrogen (secondary N) is 2. The highest BCUT2D eigenvalue weighted by Gasteiger charge is 2.37. The molecule has 1 aromatic heterocycles. The number of thiophene rings is 1. The zero-order valence-corrected chi connectivity index (χ0v) is 21.5. The molecule has 184 valence electrons. The monoisotopic (exact) mass is 506 g/mol. The second kappa shape index (κ2) is 11.2. The van der Waals surface area contributed by atoms with E-state index >= 15 is 0 Å². The molecule has 1 aromatic carbocycles. The van der Waals surface area contributed by atoms with Crippen molar-refractivity contribution in [3.05, 3.63) is 45.8 Å². The van der Waals surface area contributed by atoms with Gasteiger partial charge in [-0.2, -0.15) is 0 Å². The van der Waals surface area contributed by atoms with Gasteiger partial charge in [-0.05, 0) is 67.9 Å². The molecular weight excluding hydrogens is 476 g/mol. The molecule has 2 aromatic rings. The number of nitrogens with zero attached hydrogens (tertiary/aromatic N) is 2. The number of carbonyl (C=O) groups is 3. The van der Waals surface area contributed by atoms with Gasteiger partial charge in [0.2, 0.25) is 11.8 Å². The molecule has 1 aliphatic rings. The SMILES string of the molecule is CN1CCc2ccc(NC(=O)C(C)(CCC(=O)N(C)C)NC(=O)Oc3cccs3)c(Cl)c2CC1. The van der Waals surface area contributed by atoms with Crippen LogP contribution in [0, 0.1) is 0 Å². The fourth-order valence-corrected chi connectivity index (χ4v) is 4.62. The van der Waals surface area contributed by atoms with Crippen molar-refractivity contribution in [3.63, 3.8) is 0 Å². The van der Waals surface area contributed by atoms with Crippen molar-refractivity contribution in [2.45, 2.75) is 38.1 Å². The van der Waals surface area contributed by atoms with Gasteiger partial charge in [-0.3, -0.25) is 9.59 Å². The van der Waals surface area contributed by atoms with Crippen molar-refractivity contribution in [2.75, 3.05) is 39.5 Å². The van der Waals surface area contributed by atoms with Gasteiger partial charge in [0.25, 0.3) is 0 Å². The minimum absolute atomic E-state index is 0.0699. The Morgan fingerprint density at radius 1 is 1.21 bits per heavy atom. The van der Waals surface area contributed by atoms with E-state index in [4.69, 9.17) is 16.3 Å². The topological polar surface area (TPSA) is 91.0 Å². The van der Waals surface area contributed by atoms with Gasteiger partial charge in [0.1, 0.15) is 5.54 Å². The van der Waals surface area contributed by atoms with Crippen LogP contribution in [0.2, 0.25) is 5.02 Å². The van der Waals surface area contributed by atoms with E-state index < -0.39 is 17.5 Å². The van der Waals surface area contributed by atoms with Gasteiger partial charge in [0, 0.05) is 33.6 Å². The number of anilines is 1. The first-order valence-corrected chi connectivity index (χ1v) is 12.4. The van der Waals surface area contributed by atoms with Crippen molar-refractivity contribution in [1.29, 1.82) is 0 Å². The van der Waals surface area contributed by atoms with Crippen molar-refractivity contribution < 1.29 is 19.1 Å². The van der Waals surface area contributed by atoms with Crippen LogP contribution < -0.4 is 15.4 Å². The van der Waals surface area contributed by atoms with Crippen LogP contribution in [-0.4, -0.2) is 67.5 Å². The summed E-state index contributed by atoms with van der Waals surface area (Å²) in [6.45, 7) is 3.40. The molecule has 2 heterocycles. The summed E-state index contributed by atoms with van der Waals surface area (Å²) in [7, 11) is 5.36. The molecule has 0 bridgehead atoms. The van der Waals surface area contributed by atoms with Crippen molar-refractivity contribution >= 4 is 46.5 Å². The highest BCUT2D eigenvalue weighted by Crippen LogP contribution is 2.32. The third-order valence-electron chi connectivity index (χ3n) is 6.00. The summed E-state index contributed by atoms with van der Waals surface area (Å²) in [5, 5.41) is 8.22. The van der Waals surface area contributed by atoms with Crippen LogP contribution in [0.15, 0.2) is 29.6 Å². The molecule has 1 unspecified atom stereocenters. The van der Waals surface area contributed by atoms with Crippen molar-refractivity contribution in [1.82, 2.24) is 15.1 Å². The van der Waals surface area contributed by atoms with Gasteiger partial charge >= 0.3 is 6.09 Å². The van der Waals surface area contributed by atoms with Crippen LogP contribution in [0.4, 0.5) is 10.5 Å². The number of carbonyl (C=O) groups excluding carboxylic acids is 3. The molecule has 10 heteroatoms. The van der Waals surface area contributed by atoms with Crippen molar-refractivity contribution in [2.24, 2.45) is 0 Å². The number of hydrogen-bond acceptors (Lipinski definition) is 6. The number of rotatable bonds is 7.